The lowest BCUT2D eigenvalue weighted by molar-refractivity contribution is 0.370. The number of nitrogens with zero attached hydrogens (tertiary/aromatic N) is 2. The van der Waals surface area contributed by atoms with Gasteiger partial charge < -0.3 is 9.88 Å². The molecule has 0 bridgehead atoms. The standard InChI is InChI=1S/C21H20FN3/c1-25-12-8-15(9-13-25)19-14-24-21(17-2-4-18(22)5-3-17)20(19)16-6-10-23-11-7-16/h2-8,10-11,14,24H,9,12-13H2,1H3. The second kappa shape index (κ2) is 6.65. The smallest absolute Gasteiger partial charge is 0.123 e. The molecule has 0 saturated carbocycles. The van der Waals surface area contributed by atoms with Crippen molar-refractivity contribution in [3.63, 3.8) is 0 Å². The minimum atomic E-state index is -0.223. The van der Waals surface area contributed by atoms with Crippen LogP contribution in [-0.2, 0) is 0 Å². The van der Waals surface area contributed by atoms with Gasteiger partial charge in [-0.25, -0.2) is 4.39 Å². The molecule has 0 aliphatic carbocycles. The number of hydrogen-bond acceptors (Lipinski definition) is 2. The van der Waals surface area contributed by atoms with Crippen LogP contribution >= 0.6 is 0 Å². The Morgan fingerprint density at radius 1 is 1.04 bits per heavy atom. The molecule has 0 amide bonds. The molecule has 3 aromatic rings. The first-order valence-electron chi connectivity index (χ1n) is 8.48. The molecule has 25 heavy (non-hydrogen) atoms. The van der Waals surface area contributed by atoms with Gasteiger partial charge in [0.05, 0.1) is 5.69 Å². The Bertz CT molecular complexity index is 895. The maximum Gasteiger partial charge on any atom is 0.123 e. The van der Waals surface area contributed by atoms with E-state index in [2.05, 4.69) is 34.2 Å². The third kappa shape index (κ3) is 3.13. The molecule has 0 radical (unpaired) electrons. The van der Waals surface area contributed by atoms with Crippen LogP contribution in [0.1, 0.15) is 12.0 Å². The molecule has 1 aromatic carbocycles. The monoisotopic (exact) mass is 333 g/mol. The Hall–Kier alpha value is -2.72. The van der Waals surface area contributed by atoms with Crippen LogP contribution in [0.15, 0.2) is 61.1 Å². The Balaban J connectivity index is 1.87. The summed E-state index contributed by atoms with van der Waals surface area (Å²) in [6.45, 7) is 2.01. The van der Waals surface area contributed by atoms with E-state index in [4.69, 9.17) is 0 Å². The van der Waals surface area contributed by atoms with E-state index in [1.54, 1.807) is 0 Å². The number of likely N-dealkylation sites (N-methyl/N-ethyl adjacent to an activating group) is 1. The molecule has 4 heteroatoms. The number of pyridine rings is 1. The largest absolute Gasteiger partial charge is 0.360 e. The van der Waals surface area contributed by atoms with Crippen LogP contribution in [0.5, 0.6) is 0 Å². The van der Waals surface area contributed by atoms with E-state index in [-0.39, 0.29) is 5.82 Å². The molecule has 0 fully saturated rings. The summed E-state index contributed by atoms with van der Waals surface area (Å²) in [4.78, 5) is 9.87. The molecule has 0 saturated heterocycles. The molecule has 1 N–H and O–H groups in total. The number of H-pyrrole nitrogens is 1. The zero-order valence-corrected chi connectivity index (χ0v) is 14.2. The first-order chi connectivity index (χ1) is 12.2. The Kier molecular flexibility index (Phi) is 4.20. The number of benzene rings is 1. The van der Waals surface area contributed by atoms with Gasteiger partial charge in [0.25, 0.3) is 0 Å². The number of rotatable bonds is 3. The zero-order chi connectivity index (χ0) is 17.2. The topological polar surface area (TPSA) is 31.9 Å². The summed E-state index contributed by atoms with van der Waals surface area (Å²) in [6, 6.07) is 10.7. The number of halogens is 1. The van der Waals surface area contributed by atoms with Crippen molar-refractivity contribution in [3.05, 3.63) is 72.4 Å². The maximum absolute atomic E-state index is 13.3. The second-order valence-corrected chi connectivity index (χ2v) is 6.44. The summed E-state index contributed by atoms with van der Waals surface area (Å²) in [5.41, 5.74) is 6.84. The molecular formula is C21H20FN3. The van der Waals surface area contributed by atoms with Gasteiger partial charge in [0.15, 0.2) is 0 Å². The normalized spacial score (nSPS) is 15.2. The van der Waals surface area contributed by atoms with E-state index < -0.39 is 0 Å². The van der Waals surface area contributed by atoms with Gasteiger partial charge in [0, 0.05) is 42.8 Å². The highest BCUT2D eigenvalue weighted by molar-refractivity contribution is 5.91. The van der Waals surface area contributed by atoms with Crippen LogP contribution < -0.4 is 0 Å². The third-order valence-corrected chi connectivity index (χ3v) is 4.74. The van der Waals surface area contributed by atoms with Gasteiger partial charge in [-0.2, -0.15) is 0 Å². The summed E-state index contributed by atoms with van der Waals surface area (Å²) in [5.74, 6) is -0.223. The number of aromatic amines is 1. The molecule has 0 unspecified atom stereocenters. The van der Waals surface area contributed by atoms with Crippen molar-refractivity contribution in [2.75, 3.05) is 20.1 Å². The predicted octanol–water partition coefficient (Wildman–Crippen LogP) is 4.60. The van der Waals surface area contributed by atoms with E-state index in [1.807, 2.05) is 36.7 Å². The van der Waals surface area contributed by atoms with Gasteiger partial charge in [-0.05, 0) is 66.6 Å². The van der Waals surface area contributed by atoms with Crippen molar-refractivity contribution in [2.45, 2.75) is 6.42 Å². The minimum absolute atomic E-state index is 0.223. The zero-order valence-electron chi connectivity index (χ0n) is 14.2. The first kappa shape index (κ1) is 15.8. The molecule has 0 atom stereocenters. The van der Waals surface area contributed by atoms with Gasteiger partial charge in [-0.15, -0.1) is 0 Å². The Labute approximate surface area is 146 Å². The fourth-order valence-electron chi connectivity index (χ4n) is 3.35. The summed E-state index contributed by atoms with van der Waals surface area (Å²) < 4.78 is 13.3. The molecule has 2 aromatic heterocycles. The quantitative estimate of drug-likeness (QED) is 0.759. The molecule has 3 heterocycles. The van der Waals surface area contributed by atoms with Crippen molar-refractivity contribution in [1.82, 2.24) is 14.9 Å². The Morgan fingerprint density at radius 2 is 1.80 bits per heavy atom. The van der Waals surface area contributed by atoms with Crippen LogP contribution in [0, 0.1) is 5.82 Å². The fourth-order valence-corrected chi connectivity index (χ4v) is 3.35. The van der Waals surface area contributed by atoms with Crippen LogP contribution in [0.3, 0.4) is 0 Å². The highest BCUT2D eigenvalue weighted by Gasteiger charge is 2.19. The van der Waals surface area contributed by atoms with Crippen molar-refractivity contribution >= 4 is 5.57 Å². The van der Waals surface area contributed by atoms with Crippen molar-refractivity contribution in [3.8, 4) is 22.4 Å². The van der Waals surface area contributed by atoms with Gasteiger partial charge in [-0.1, -0.05) is 6.08 Å². The lowest BCUT2D eigenvalue weighted by atomic mass is 9.92. The molecule has 4 rings (SSSR count). The van der Waals surface area contributed by atoms with E-state index >= 15 is 0 Å². The van der Waals surface area contributed by atoms with E-state index in [1.165, 1.54) is 23.3 Å². The molecular weight excluding hydrogens is 313 g/mol. The Morgan fingerprint density at radius 3 is 2.48 bits per heavy atom. The summed E-state index contributed by atoms with van der Waals surface area (Å²) in [5, 5.41) is 0. The van der Waals surface area contributed by atoms with Crippen molar-refractivity contribution in [2.24, 2.45) is 0 Å². The molecule has 0 spiro atoms. The highest BCUT2D eigenvalue weighted by Crippen LogP contribution is 2.39. The van der Waals surface area contributed by atoms with Gasteiger partial charge >= 0.3 is 0 Å². The number of hydrogen-bond donors (Lipinski definition) is 1. The lowest BCUT2D eigenvalue weighted by Crippen LogP contribution is -2.23. The second-order valence-electron chi connectivity index (χ2n) is 6.44. The average molecular weight is 333 g/mol. The van der Waals surface area contributed by atoms with Crippen molar-refractivity contribution < 1.29 is 4.39 Å². The summed E-state index contributed by atoms with van der Waals surface area (Å²) >= 11 is 0. The van der Waals surface area contributed by atoms with Crippen LogP contribution in [0.2, 0.25) is 0 Å². The molecule has 1 aliphatic heterocycles. The van der Waals surface area contributed by atoms with Gasteiger partial charge in [-0.3, -0.25) is 4.98 Å². The van der Waals surface area contributed by atoms with Crippen molar-refractivity contribution in [1.29, 1.82) is 0 Å². The van der Waals surface area contributed by atoms with Crippen LogP contribution in [-0.4, -0.2) is 35.0 Å². The van der Waals surface area contributed by atoms with E-state index in [9.17, 15) is 4.39 Å². The number of nitrogens with one attached hydrogen (secondary N) is 1. The maximum atomic E-state index is 13.3. The molecule has 3 nitrogen and oxygen atoms in total. The average Bonchev–Trinajstić information content (AvgIpc) is 3.09. The first-order valence-corrected chi connectivity index (χ1v) is 8.48. The SMILES string of the molecule is CN1CC=C(c2c[nH]c(-c3ccc(F)cc3)c2-c2ccncc2)CC1. The van der Waals surface area contributed by atoms with E-state index in [0.29, 0.717) is 0 Å². The van der Waals surface area contributed by atoms with Crippen LogP contribution in [0.25, 0.3) is 28.0 Å². The number of aromatic nitrogens is 2. The van der Waals surface area contributed by atoms with Crippen LogP contribution in [0.4, 0.5) is 4.39 Å². The molecule has 1 aliphatic rings. The predicted molar refractivity (Wildman–Crippen MR) is 99.5 cm³/mol. The minimum Gasteiger partial charge on any atom is -0.360 e. The summed E-state index contributed by atoms with van der Waals surface area (Å²) in [6.07, 6.45) is 9.01. The fraction of sp³-hybridized carbons (Fsp3) is 0.190. The molecule has 126 valence electrons. The third-order valence-electron chi connectivity index (χ3n) is 4.74. The summed E-state index contributed by atoms with van der Waals surface area (Å²) in [7, 11) is 2.14. The van der Waals surface area contributed by atoms with Gasteiger partial charge in [0.1, 0.15) is 5.82 Å². The van der Waals surface area contributed by atoms with Gasteiger partial charge in [0.2, 0.25) is 0 Å². The lowest BCUT2D eigenvalue weighted by Gasteiger charge is -2.22. The highest BCUT2D eigenvalue weighted by atomic mass is 19.1. The van der Waals surface area contributed by atoms with E-state index in [0.717, 1.165) is 41.9 Å².